The molecule has 1 aliphatic rings. The average Bonchev–Trinajstić information content (AvgIpc) is 3.17. The molecule has 2 aromatic heterocycles. The molecule has 3 rings (SSSR count). The fourth-order valence-electron chi connectivity index (χ4n) is 1.95. The van der Waals surface area contributed by atoms with Gasteiger partial charge in [-0.05, 0) is 36.7 Å². The second kappa shape index (κ2) is 6.85. The zero-order valence-electron chi connectivity index (χ0n) is 11.2. The maximum absolute atomic E-state index is 8.84. The Kier molecular flexibility index (Phi) is 4.65. The summed E-state index contributed by atoms with van der Waals surface area (Å²) in [6.45, 7) is 1.62. The molecule has 1 N–H and O–H groups in total. The maximum Gasteiger partial charge on any atom is 0.206 e. The van der Waals surface area contributed by atoms with E-state index in [2.05, 4.69) is 20.5 Å². The fourth-order valence-corrected chi connectivity index (χ4v) is 3.65. The molecule has 1 saturated heterocycles. The Morgan fingerprint density at radius 3 is 3.24 bits per heavy atom. The first kappa shape index (κ1) is 14.3. The van der Waals surface area contributed by atoms with Crippen molar-refractivity contribution in [3.63, 3.8) is 0 Å². The lowest BCUT2D eigenvalue weighted by molar-refractivity contribution is 0.120. The second-order valence-electron chi connectivity index (χ2n) is 4.46. The summed E-state index contributed by atoms with van der Waals surface area (Å²) < 4.78 is 6.35. The van der Waals surface area contributed by atoms with Crippen molar-refractivity contribution in [2.45, 2.75) is 28.3 Å². The van der Waals surface area contributed by atoms with Crippen molar-refractivity contribution in [1.82, 2.24) is 15.2 Å². The van der Waals surface area contributed by atoms with Gasteiger partial charge >= 0.3 is 0 Å². The summed E-state index contributed by atoms with van der Waals surface area (Å²) in [7, 11) is 0. The van der Waals surface area contributed by atoms with Gasteiger partial charge in [0.05, 0.1) is 6.10 Å². The number of nitriles is 1. The quantitative estimate of drug-likeness (QED) is 0.906. The summed E-state index contributed by atoms with van der Waals surface area (Å²) in [6.07, 6.45) is 2.50. The monoisotopic (exact) mass is 319 g/mol. The predicted molar refractivity (Wildman–Crippen MR) is 80.4 cm³/mol. The van der Waals surface area contributed by atoms with Gasteiger partial charge in [-0.2, -0.15) is 5.26 Å². The highest BCUT2D eigenvalue weighted by atomic mass is 32.2. The van der Waals surface area contributed by atoms with Crippen molar-refractivity contribution in [2.75, 3.05) is 18.5 Å². The van der Waals surface area contributed by atoms with Crippen LogP contribution in [0.15, 0.2) is 27.6 Å². The van der Waals surface area contributed by atoms with E-state index in [-0.39, 0.29) is 6.10 Å². The molecule has 1 unspecified atom stereocenters. The van der Waals surface area contributed by atoms with E-state index in [1.54, 1.807) is 6.07 Å². The minimum atomic E-state index is 0.277. The standard InChI is InChI=1S/C13H13N5OS2/c14-7-9-3-1-5-11(16-9)20-13-18-17-12(21-13)15-8-10-4-2-6-19-10/h1,3,5,10H,2,4,6,8H2,(H,15,17). The van der Waals surface area contributed by atoms with Crippen molar-refractivity contribution in [1.29, 1.82) is 5.26 Å². The van der Waals surface area contributed by atoms with Crippen LogP contribution in [0.1, 0.15) is 18.5 Å². The van der Waals surface area contributed by atoms with Crippen LogP contribution < -0.4 is 5.32 Å². The summed E-state index contributed by atoms with van der Waals surface area (Å²) >= 11 is 2.88. The zero-order chi connectivity index (χ0) is 14.5. The van der Waals surface area contributed by atoms with E-state index in [1.807, 2.05) is 18.2 Å². The number of ether oxygens (including phenoxy) is 1. The first-order valence-corrected chi connectivity index (χ1v) is 8.21. The maximum atomic E-state index is 8.84. The topological polar surface area (TPSA) is 83.7 Å². The molecule has 21 heavy (non-hydrogen) atoms. The molecule has 1 aliphatic heterocycles. The molecule has 108 valence electrons. The van der Waals surface area contributed by atoms with Gasteiger partial charge in [0.2, 0.25) is 5.13 Å². The molecule has 0 spiro atoms. The number of aromatic nitrogens is 3. The van der Waals surface area contributed by atoms with E-state index >= 15 is 0 Å². The predicted octanol–water partition coefficient (Wildman–Crippen LogP) is 2.55. The van der Waals surface area contributed by atoms with Crippen molar-refractivity contribution in [2.24, 2.45) is 0 Å². The second-order valence-corrected chi connectivity index (χ2v) is 6.71. The SMILES string of the molecule is N#Cc1cccc(Sc2nnc(NCC3CCCO3)s2)n1. The summed E-state index contributed by atoms with van der Waals surface area (Å²) in [5.74, 6) is 0. The molecule has 0 saturated carbocycles. The molecular formula is C13H13N5OS2. The summed E-state index contributed by atoms with van der Waals surface area (Å²) in [5.41, 5.74) is 0.404. The molecule has 8 heteroatoms. The Hall–Kier alpha value is -1.69. The van der Waals surface area contributed by atoms with E-state index in [0.717, 1.165) is 40.5 Å². The Balaban J connectivity index is 1.58. The van der Waals surface area contributed by atoms with E-state index in [1.165, 1.54) is 23.1 Å². The van der Waals surface area contributed by atoms with Gasteiger partial charge in [0.25, 0.3) is 0 Å². The first-order chi connectivity index (χ1) is 10.3. The van der Waals surface area contributed by atoms with Crippen LogP contribution in [-0.2, 0) is 4.74 Å². The largest absolute Gasteiger partial charge is 0.376 e. The van der Waals surface area contributed by atoms with Crippen LogP contribution in [0.25, 0.3) is 0 Å². The van der Waals surface area contributed by atoms with Crippen LogP contribution in [0.2, 0.25) is 0 Å². The van der Waals surface area contributed by atoms with Crippen LogP contribution in [0, 0.1) is 11.3 Å². The zero-order valence-corrected chi connectivity index (χ0v) is 12.8. The fraction of sp³-hybridized carbons (Fsp3) is 0.385. The van der Waals surface area contributed by atoms with Gasteiger partial charge in [-0.25, -0.2) is 4.98 Å². The minimum absolute atomic E-state index is 0.277. The van der Waals surface area contributed by atoms with Gasteiger partial charge < -0.3 is 10.1 Å². The molecular weight excluding hydrogens is 306 g/mol. The Morgan fingerprint density at radius 1 is 1.48 bits per heavy atom. The number of rotatable bonds is 5. The number of nitrogens with one attached hydrogen (secondary N) is 1. The van der Waals surface area contributed by atoms with Gasteiger partial charge in [-0.3, -0.25) is 0 Å². The van der Waals surface area contributed by atoms with Gasteiger partial charge in [0.15, 0.2) is 4.34 Å². The molecule has 0 radical (unpaired) electrons. The van der Waals surface area contributed by atoms with E-state index < -0.39 is 0 Å². The van der Waals surface area contributed by atoms with Crippen molar-refractivity contribution in [3.8, 4) is 6.07 Å². The Morgan fingerprint density at radius 2 is 2.43 bits per heavy atom. The highest BCUT2D eigenvalue weighted by Gasteiger charge is 2.16. The number of hydrogen-bond donors (Lipinski definition) is 1. The molecule has 0 aromatic carbocycles. The third kappa shape index (κ3) is 3.91. The van der Waals surface area contributed by atoms with Gasteiger partial charge in [-0.1, -0.05) is 17.4 Å². The van der Waals surface area contributed by atoms with Gasteiger partial charge in [0.1, 0.15) is 16.8 Å². The number of pyridine rings is 1. The number of hydrogen-bond acceptors (Lipinski definition) is 8. The normalized spacial score (nSPS) is 17.6. The average molecular weight is 319 g/mol. The van der Waals surface area contributed by atoms with E-state index in [4.69, 9.17) is 10.00 Å². The number of anilines is 1. The molecule has 0 bridgehead atoms. The van der Waals surface area contributed by atoms with E-state index in [0.29, 0.717) is 5.69 Å². The highest BCUT2D eigenvalue weighted by Crippen LogP contribution is 2.30. The van der Waals surface area contributed by atoms with Crippen LogP contribution >= 0.6 is 23.1 Å². The molecule has 1 atom stereocenters. The Bertz CT molecular complexity index is 648. The van der Waals surface area contributed by atoms with E-state index in [9.17, 15) is 0 Å². The van der Waals surface area contributed by atoms with Crippen molar-refractivity contribution in [3.05, 3.63) is 23.9 Å². The first-order valence-electron chi connectivity index (χ1n) is 6.57. The number of nitrogens with zero attached hydrogens (tertiary/aromatic N) is 4. The minimum Gasteiger partial charge on any atom is -0.376 e. The third-order valence-corrected chi connectivity index (χ3v) is 4.81. The smallest absolute Gasteiger partial charge is 0.206 e. The molecule has 6 nitrogen and oxygen atoms in total. The van der Waals surface area contributed by atoms with Crippen LogP contribution in [0.3, 0.4) is 0 Å². The van der Waals surface area contributed by atoms with Gasteiger partial charge in [0, 0.05) is 13.2 Å². The summed E-state index contributed by atoms with van der Waals surface area (Å²) in [5, 5.41) is 21.8. The van der Waals surface area contributed by atoms with Crippen LogP contribution in [0.4, 0.5) is 5.13 Å². The van der Waals surface area contributed by atoms with Crippen molar-refractivity contribution < 1.29 is 4.74 Å². The summed E-state index contributed by atoms with van der Waals surface area (Å²) in [4.78, 5) is 4.21. The molecule has 2 aromatic rings. The lowest BCUT2D eigenvalue weighted by Crippen LogP contribution is -2.18. The van der Waals surface area contributed by atoms with Crippen molar-refractivity contribution >= 4 is 28.2 Å². The molecule has 3 heterocycles. The highest BCUT2D eigenvalue weighted by molar-refractivity contribution is 8.01. The molecule has 0 aliphatic carbocycles. The Labute approximate surface area is 130 Å². The molecule has 0 amide bonds. The van der Waals surface area contributed by atoms with Gasteiger partial charge in [-0.15, -0.1) is 10.2 Å². The van der Waals surface area contributed by atoms with Crippen LogP contribution in [0.5, 0.6) is 0 Å². The lowest BCUT2D eigenvalue weighted by atomic mass is 10.2. The molecule has 1 fully saturated rings. The lowest BCUT2D eigenvalue weighted by Gasteiger charge is -2.08. The summed E-state index contributed by atoms with van der Waals surface area (Å²) in [6, 6.07) is 7.37. The third-order valence-electron chi connectivity index (χ3n) is 2.94. The van der Waals surface area contributed by atoms with Crippen LogP contribution in [-0.4, -0.2) is 34.4 Å².